The topological polar surface area (TPSA) is 78.2 Å². The molecule has 0 unspecified atom stereocenters. The minimum absolute atomic E-state index is 0.0600. The van der Waals surface area contributed by atoms with Crippen LogP contribution in [0.1, 0.15) is 37.0 Å². The third-order valence-corrected chi connectivity index (χ3v) is 6.08. The number of rotatable bonds is 7. The summed E-state index contributed by atoms with van der Waals surface area (Å²) in [5.41, 5.74) is 2.45. The molecule has 0 saturated heterocycles. The second-order valence-electron chi connectivity index (χ2n) is 6.81. The molecule has 2 rings (SSSR count). The predicted molar refractivity (Wildman–Crippen MR) is 105 cm³/mol. The van der Waals surface area contributed by atoms with E-state index in [0.717, 1.165) is 11.1 Å². The molecule has 0 spiro atoms. The molecule has 0 aliphatic carbocycles. The number of carbonyl (C=O) groups excluding carboxylic acids is 1. The van der Waals surface area contributed by atoms with Gasteiger partial charge < -0.3 is 4.90 Å². The Hall–Kier alpha value is -2.65. The van der Waals surface area contributed by atoms with Gasteiger partial charge in [0.1, 0.15) is 0 Å². The Morgan fingerprint density at radius 2 is 1.67 bits per heavy atom. The number of hydrogen-bond donors (Lipinski definition) is 0. The second-order valence-corrected chi connectivity index (χ2v) is 8.92. The van der Waals surface area contributed by atoms with Crippen molar-refractivity contribution >= 4 is 15.7 Å². The Bertz CT molecular complexity index is 925. The lowest BCUT2D eigenvalue weighted by Gasteiger charge is -2.27. The van der Waals surface area contributed by atoms with E-state index in [1.807, 2.05) is 32.9 Å². The zero-order valence-corrected chi connectivity index (χ0v) is 16.7. The van der Waals surface area contributed by atoms with E-state index in [1.165, 1.54) is 0 Å². The van der Waals surface area contributed by atoms with Gasteiger partial charge in [0.05, 0.1) is 22.3 Å². The smallest absolute Gasteiger partial charge is 0.224 e. The van der Waals surface area contributed by atoms with E-state index in [1.54, 1.807) is 41.3 Å². The Kier molecular flexibility index (Phi) is 6.75. The van der Waals surface area contributed by atoms with Crippen molar-refractivity contribution in [1.82, 2.24) is 4.90 Å². The second kappa shape index (κ2) is 8.83. The molecule has 0 aliphatic rings. The molecule has 0 aromatic heterocycles. The highest BCUT2D eigenvalue weighted by molar-refractivity contribution is 7.91. The van der Waals surface area contributed by atoms with Gasteiger partial charge in [-0.2, -0.15) is 5.26 Å². The summed E-state index contributed by atoms with van der Waals surface area (Å²) in [7, 11) is -3.50. The van der Waals surface area contributed by atoms with E-state index in [4.69, 9.17) is 5.26 Å². The zero-order chi connectivity index (χ0) is 20.0. The van der Waals surface area contributed by atoms with E-state index in [9.17, 15) is 13.2 Å². The van der Waals surface area contributed by atoms with Crippen LogP contribution >= 0.6 is 0 Å². The third-order valence-electron chi connectivity index (χ3n) is 4.34. The Morgan fingerprint density at radius 3 is 2.19 bits per heavy atom. The van der Waals surface area contributed by atoms with Crippen molar-refractivity contribution in [3.63, 3.8) is 0 Å². The lowest BCUT2D eigenvalue weighted by atomic mass is 10.1. The quantitative estimate of drug-likeness (QED) is 0.732. The molecule has 6 heteroatoms. The molecule has 1 amide bonds. The standard InChI is InChI=1S/C21H24N2O3S/c1-16(2)23(15-19-8-6-18(14-22)7-9-19)21(24)12-13-27(25,26)20-10-4-17(3)5-11-20/h4-11,16H,12-13,15H2,1-3H3. The number of nitrogens with zero attached hydrogens (tertiary/aromatic N) is 2. The number of carbonyl (C=O) groups is 1. The molecule has 0 aliphatic heterocycles. The highest BCUT2D eigenvalue weighted by Gasteiger charge is 2.21. The molecular weight excluding hydrogens is 360 g/mol. The number of hydrogen-bond acceptors (Lipinski definition) is 4. The van der Waals surface area contributed by atoms with Crippen molar-refractivity contribution in [3.05, 3.63) is 65.2 Å². The molecule has 142 valence electrons. The molecule has 5 nitrogen and oxygen atoms in total. The van der Waals surface area contributed by atoms with Gasteiger partial charge in [-0.05, 0) is 50.6 Å². The van der Waals surface area contributed by atoms with Crippen LogP contribution in [0.3, 0.4) is 0 Å². The summed E-state index contributed by atoms with van der Waals surface area (Å²) in [6.07, 6.45) is -0.0648. The summed E-state index contributed by atoms with van der Waals surface area (Å²) < 4.78 is 24.9. The van der Waals surface area contributed by atoms with Crippen LogP contribution in [0.25, 0.3) is 0 Å². The van der Waals surface area contributed by atoms with Crippen molar-refractivity contribution in [3.8, 4) is 6.07 Å². The van der Waals surface area contributed by atoms with Gasteiger partial charge in [-0.3, -0.25) is 4.79 Å². The summed E-state index contributed by atoms with van der Waals surface area (Å²) in [6.45, 7) is 6.07. The van der Waals surface area contributed by atoms with Gasteiger partial charge in [0, 0.05) is 19.0 Å². The SMILES string of the molecule is Cc1ccc(S(=O)(=O)CCC(=O)N(Cc2ccc(C#N)cc2)C(C)C)cc1. The first-order valence-electron chi connectivity index (χ1n) is 8.81. The van der Waals surface area contributed by atoms with Crippen molar-refractivity contribution < 1.29 is 13.2 Å². The fourth-order valence-electron chi connectivity index (χ4n) is 2.67. The van der Waals surface area contributed by atoms with Crippen LogP contribution in [0.2, 0.25) is 0 Å². The van der Waals surface area contributed by atoms with Gasteiger partial charge in [0.25, 0.3) is 0 Å². The maximum atomic E-state index is 12.7. The average Bonchev–Trinajstić information content (AvgIpc) is 2.65. The normalized spacial score (nSPS) is 11.2. The Morgan fingerprint density at radius 1 is 1.07 bits per heavy atom. The predicted octanol–water partition coefficient (Wildman–Crippen LogP) is 3.47. The highest BCUT2D eigenvalue weighted by Crippen LogP contribution is 2.16. The maximum Gasteiger partial charge on any atom is 0.224 e. The maximum absolute atomic E-state index is 12.7. The molecule has 27 heavy (non-hydrogen) atoms. The van der Waals surface area contributed by atoms with Gasteiger partial charge in [-0.15, -0.1) is 0 Å². The number of aryl methyl sites for hydroxylation is 1. The van der Waals surface area contributed by atoms with Crippen LogP contribution in [-0.4, -0.2) is 31.0 Å². The molecule has 0 fully saturated rings. The summed E-state index contributed by atoms with van der Waals surface area (Å²) >= 11 is 0. The molecular formula is C21H24N2O3S. The molecule has 0 radical (unpaired) electrons. The first kappa shape index (κ1) is 20.7. The van der Waals surface area contributed by atoms with Crippen molar-refractivity contribution in [2.75, 3.05) is 5.75 Å². The van der Waals surface area contributed by atoms with Crippen LogP contribution in [0.5, 0.6) is 0 Å². The number of amides is 1. The van der Waals surface area contributed by atoms with Crippen molar-refractivity contribution in [1.29, 1.82) is 5.26 Å². The van der Waals surface area contributed by atoms with Gasteiger partial charge in [0.2, 0.25) is 5.91 Å². The number of nitriles is 1. The minimum Gasteiger partial charge on any atom is -0.336 e. The van der Waals surface area contributed by atoms with E-state index in [-0.39, 0.29) is 29.0 Å². The van der Waals surface area contributed by atoms with E-state index in [0.29, 0.717) is 12.1 Å². The van der Waals surface area contributed by atoms with Crippen molar-refractivity contribution in [2.24, 2.45) is 0 Å². The molecule has 0 saturated carbocycles. The van der Waals surface area contributed by atoms with E-state index < -0.39 is 9.84 Å². The zero-order valence-electron chi connectivity index (χ0n) is 15.8. The molecule has 0 bridgehead atoms. The van der Waals surface area contributed by atoms with Gasteiger partial charge in [-0.1, -0.05) is 29.8 Å². The van der Waals surface area contributed by atoms with Crippen LogP contribution < -0.4 is 0 Å². The summed E-state index contributed by atoms with van der Waals surface area (Å²) in [5.74, 6) is -0.420. The Balaban J connectivity index is 2.06. The van der Waals surface area contributed by atoms with E-state index in [2.05, 4.69) is 6.07 Å². The number of sulfone groups is 1. The van der Waals surface area contributed by atoms with Crippen LogP contribution in [0.4, 0.5) is 0 Å². The largest absolute Gasteiger partial charge is 0.336 e. The fraction of sp³-hybridized carbons (Fsp3) is 0.333. The minimum atomic E-state index is -3.50. The fourth-order valence-corrected chi connectivity index (χ4v) is 3.90. The lowest BCUT2D eigenvalue weighted by Crippen LogP contribution is -2.37. The Labute approximate surface area is 161 Å². The average molecular weight is 385 g/mol. The summed E-state index contributed by atoms with van der Waals surface area (Å²) in [5, 5.41) is 8.87. The van der Waals surface area contributed by atoms with Gasteiger partial charge in [-0.25, -0.2) is 8.42 Å². The first-order valence-corrected chi connectivity index (χ1v) is 10.5. The number of benzene rings is 2. The first-order chi connectivity index (χ1) is 12.7. The molecule has 2 aromatic carbocycles. The molecule has 0 N–H and O–H groups in total. The molecule has 0 atom stereocenters. The van der Waals surface area contributed by atoms with Crippen LogP contribution in [0.15, 0.2) is 53.4 Å². The van der Waals surface area contributed by atoms with Crippen LogP contribution in [0, 0.1) is 18.3 Å². The molecule has 0 heterocycles. The molecule has 2 aromatic rings. The van der Waals surface area contributed by atoms with Gasteiger partial charge in [0.15, 0.2) is 9.84 Å². The van der Waals surface area contributed by atoms with Crippen LogP contribution in [-0.2, 0) is 21.2 Å². The van der Waals surface area contributed by atoms with Gasteiger partial charge >= 0.3 is 0 Å². The van der Waals surface area contributed by atoms with E-state index >= 15 is 0 Å². The summed E-state index contributed by atoms with van der Waals surface area (Å²) in [6, 6.07) is 15.7. The third kappa shape index (κ3) is 5.66. The lowest BCUT2D eigenvalue weighted by molar-refractivity contribution is -0.133. The monoisotopic (exact) mass is 384 g/mol. The summed E-state index contributed by atoms with van der Waals surface area (Å²) in [4.78, 5) is 14.6. The van der Waals surface area contributed by atoms with Crippen molar-refractivity contribution in [2.45, 2.75) is 44.7 Å². The highest BCUT2D eigenvalue weighted by atomic mass is 32.2.